The van der Waals surface area contributed by atoms with Gasteiger partial charge in [0.2, 0.25) is 11.7 Å². The lowest BCUT2D eigenvalue weighted by molar-refractivity contribution is -0.111. The lowest BCUT2D eigenvalue weighted by Gasteiger charge is -2.14. The molecular weight excluding hydrogens is 410 g/mol. The summed E-state index contributed by atoms with van der Waals surface area (Å²) >= 11 is 6.31. The molecule has 7 nitrogen and oxygen atoms in total. The number of methoxy groups -OCH3 is 4. The summed E-state index contributed by atoms with van der Waals surface area (Å²) in [5, 5.41) is 3.17. The van der Waals surface area contributed by atoms with Crippen molar-refractivity contribution >= 4 is 29.3 Å². The van der Waals surface area contributed by atoms with Crippen molar-refractivity contribution in [2.45, 2.75) is 13.3 Å². The molecular formula is C22H26ClNO6. The highest BCUT2D eigenvalue weighted by Gasteiger charge is 2.14. The maximum absolute atomic E-state index is 12.4. The Balaban J connectivity index is 2.19. The molecule has 1 N–H and O–H groups in total. The first-order valence-corrected chi connectivity index (χ1v) is 9.64. The number of anilines is 1. The van der Waals surface area contributed by atoms with Gasteiger partial charge in [-0.25, -0.2) is 0 Å². The van der Waals surface area contributed by atoms with E-state index in [2.05, 4.69) is 5.32 Å². The fraction of sp³-hybridized carbons (Fsp3) is 0.318. The van der Waals surface area contributed by atoms with Crippen LogP contribution in [0.2, 0.25) is 5.02 Å². The minimum atomic E-state index is -0.342. The number of ether oxygens (including phenoxy) is 5. The van der Waals surface area contributed by atoms with Crippen LogP contribution in [-0.4, -0.2) is 41.0 Å². The first-order chi connectivity index (χ1) is 14.5. The molecule has 0 radical (unpaired) electrons. The van der Waals surface area contributed by atoms with E-state index in [1.165, 1.54) is 34.5 Å². The lowest BCUT2D eigenvalue weighted by Crippen LogP contribution is -2.08. The molecule has 0 aromatic heterocycles. The highest BCUT2D eigenvalue weighted by molar-refractivity contribution is 6.32. The van der Waals surface area contributed by atoms with Gasteiger partial charge in [-0.1, -0.05) is 18.5 Å². The first-order valence-electron chi connectivity index (χ1n) is 9.26. The van der Waals surface area contributed by atoms with Crippen LogP contribution in [-0.2, 0) is 4.79 Å². The molecule has 0 atom stereocenters. The van der Waals surface area contributed by atoms with E-state index < -0.39 is 0 Å². The molecule has 0 aliphatic rings. The molecule has 0 bridgehead atoms. The van der Waals surface area contributed by atoms with E-state index in [9.17, 15) is 4.79 Å². The van der Waals surface area contributed by atoms with Gasteiger partial charge >= 0.3 is 0 Å². The zero-order chi connectivity index (χ0) is 22.1. The van der Waals surface area contributed by atoms with Gasteiger partial charge in [-0.15, -0.1) is 0 Å². The third-order valence-electron chi connectivity index (χ3n) is 4.06. The van der Waals surface area contributed by atoms with Gasteiger partial charge in [-0.05, 0) is 30.2 Å². The molecule has 0 spiro atoms. The van der Waals surface area contributed by atoms with Crippen LogP contribution in [0.3, 0.4) is 0 Å². The summed E-state index contributed by atoms with van der Waals surface area (Å²) in [5.74, 6) is 1.97. The summed E-state index contributed by atoms with van der Waals surface area (Å²) in [5.41, 5.74) is 1.19. The number of amides is 1. The molecule has 0 saturated heterocycles. The normalized spacial score (nSPS) is 10.6. The number of halogens is 1. The Bertz CT molecular complexity index is 888. The van der Waals surface area contributed by atoms with Crippen LogP contribution >= 0.6 is 11.6 Å². The fourth-order valence-electron chi connectivity index (χ4n) is 2.69. The molecule has 2 rings (SSSR count). The van der Waals surface area contributed by atoms with E-state index >= 15 is 0 Å². The van der Waals surface area contributed by atoms with E-state index in [1.807, 2.05) is 6.92 Å². The van der Waals surface area contributed by atoms with Crippen molar-refractivity contribution in [3.8, 4) is 28.7 Å². The van der Waals surface area contributed by atoms with Crippen LogP contribution < -0.4 is 29.0 Å². The maximum Gasteiger partial charge on any atom is 0.248 e. The Hall–Kier alpha value is -3.06. The summed E-state index contributed by atoms with van der Waals surface area (Å²) in [6, 6.07) is 6.75. The molecule has 0 fully saturated rings. The average molecular weight is 436 g/mol. The summed E-state index contributed by atoms with van der Waals surface area (Å²) in [7, 11) is 6.07. The van der Waals surface area contributed by atoms with Crippen LogP contribution in [0.25, 0.3) is 6.08 Å². The van der Waals surface area contributed by atoms with E-state index in [0.717, 1.165) is 6.42 Å². The van der Waals surface area contributed by atoms with Crippen molar-refractivity contribution in [3.63, 3.8) is 0 Å². The Labute approximate surface area is 181 Å². The van der Waals surface area contributed by atoms with Crippen molar-refractivity contribution in [2.24, 2.45) is 0 Å². The van der Waals surface area contributed by atoms with Crippen LogP contribution in [0.15, 0.2) is 30.3 Å². The molecule has 0 saturated carbocycles. The summed E-state index contributed by atoms with van der Waals surface area (Å²) < 4.78 is 26.9. The molecule has 0 unspecified atom stereocenters. The Kier molecular flexibility index (Phi) is 8.68. The molecule has 1 amide bonds. The second-order valence-corrected chi connectivity index (χ2v) is 6.53. The van der Waals surface area contributed by atoms with E-state index in [0.29, 0.717) is 51.6 Å². The standard InChI is InChI=1S/C22H26ClNO6/c1-6-9-30-21-16(23)10-14(11-17(21)26-2)7-8-20(25)24-15-12-18(27-3)22(29-5)19(13-15)28-4/h7-8,10-13H,6,9H2,1-5H3,(H,24,25)/b8-7+. The van der Waals surface area contributed by atoms with E-state index in [1.54, 1.807) is 30.3 Å². The van der Waals surface area contributed by atoms with E-state index in [-0.39, 0.29) is 5.91 Å². The SMILES string of the molecule is CCCOc1c(Cl)cc(/C=C/C(=O)Nc2cc(OC)c(OC)c(OC)c2)cc1OC. The number of nitrogens with one attached hydrogen (secondary N) is 1. The smallest absolute Gasteiger partial charge is 0.248 e. The summed E-state index contributed by atoms with van der Waals surface area (Å²) in [4.78, 5) is 12.4. The van der Waals surface area contributed by atoms with Crippen LogP contribution in [0.5, 0.6) is 28.7 Å². The molecule has 162 valence electrons. The monoisotopic (exact) mass is 435 g/mol. The number of hydrogen-bond acceptors (Lipinski definition) is 6. The first kappa shape index (κ1) is 23.2. The molecule has 0 aliphatic carbocycles. The van der Waals surface area contributed by atoms with Crippen molar-refractivity contribution in [1.82, 2.24) is 0 Å². The number of carbonyl (C=O) groups is 1. The molecule has 30 heavy (non-hydrogen) atoms. The predicted octanol–water partition coefficient (Wildman–Crippen LogP) is 4.82. The maximum atomic E-state index is 12.4. The minimum absolute atomic E-state index is 0.342. The third kappa shape index (κ3) is 5.73. The quantitative estimate of drug-likeness (QED) is 0.539. The van der Waals surface area contributed by atoms with Gasteiger partial charge in [0.1, 0.15) is 0 Å². The zero-order valence-corrected chi connectivity index (χ0v) is 18.5. The minimum Gasteiger partial charge on any atom is -0.493 e. The van der Waals surface area contributed by atoms with Gasteiger partial charge in [0.15, 0.2) is 23.0 Å². The lowest BCUT2D eigenvalue weighted by atomic mass is 10.2. The number of carbonyl (C=O) groups excluding carboxylic acids is 1. The summed E-state index contributed by atoms with van der Waals surface area (Å²) in [6.07, 6.45) is 3.87. The Morgan fingerprint density at radius 1 is 0.933 bits per heavy atom. The average Bonchev–Trinajstić information content (AvgIpc) is 2.75. The predicted molar refractivity (Wildman–Crippen MR) is 118 cm³/mol. The van der Waals surface area contributed by atoms with Gasteiger partial charge in [-0.3, -0.25) is 4.79 Å². The van der Waals surface area contributed by atoms with Gasteiger partial charge in [-0.2, -0.15) is 0 Å². The molecule has 0 heterocycles. The Morgan fingerprint density at radius 3 is 2.07 bits per heavy atom. The molecule has 2 aromatic rings. The highest BCUT2D eigenvalue weighted by Crippen LogP contribution is 2.40. The van der Waals surface area contributed by atoms with Gasteiger partial charge in [0, 0.05) is 23.9 Å². The number of hydrogen-bond donors (Lipinski definition) is 1. The number of rotatable bonds is 10. The van der Waals surface area contributed by atoms with Crippen LogP contribution in [0.4, 0.5) is 5.69 Å². The summed E-state index contributed by atoms with van der Waals surface area (Å²) in [6.45, 7) is 2.53. The Morgan fingerprint density at radius 2 is 1.53 bits per heavy atom. The molecule has 0 aliphatic heterocycles. The number of benzene rings is 2. The van der Waals surface area contributed by atoms with Crippen molar-refractivity contribution in [3.05, 3.63) is 40.9 Å². The van der Waals surface area contributed by atoms with Crippen LogP contribution in [0, 0.1) is 0 Å². The molecule has 8 heteroatoms. The van der Waals surface area contributed by atoms with E-state index in [4.69, 9.17) is 35.3 Å². The second-order valence-electron chi connectivity index (χ2n) is 6.12. The van der Waals surface area contributed by atoms with Gasteiger partial charge in [0.25, 0.3) is 0 Å². The van der Waals surface area contributed by atoms with Crippen molar-refractivity contribution in [1.29, 1.82) is 0 Å². The topological polar surface area (TPSA) is 75.3 Å². The highest BCUT2D eigenvalue weighted by atomic mass is 35.5. The zero-order valence-electron chi connectivity index (χ0n) is 17.7. The van der Waals surface area contributed by atoms with Crippen molar-refractivity contribution < 1.29 is 28.5 Å². The third-order valence-corrected chi connectivity index (χ3v) is 4.34. The largest absolute Gasteiger partial charge is 0.493 e. The van der Waals surface area contributed by atoms with Gasteiger partial charge < -0.3 is 29.0 Å². The van der Waals surface area contributed by atoms with Gasteiger partial charge in [0.05, 0.1) is 40.1 Å². The van der Waals surface area contributed by atoms with Crippen LogP contribution in [0.1, 0.15) is 18.9 Å². The molecule has 2 aromatic carbocycles. The second kappa shape index (κ2) is 11.2. The fourth-order valence-corrected chi connectivity index (χ4v) is 2.96. The van der Waals surface area contributed by atoms with Crippen molar-refractivity contribution in [2.75, 3.05) is 40.4 Å².